The van der Waals surface area contributed by atoms with Gasteiger partial charge in [0, 0.05) is 22.2 Å². The second-order valence-electron chi connectivity index (χ2n) is 5.98. The lowest BCUT2D eigenvalue weighted by Crippen LogP contribution is -2.17. The molecule has 0 spiro atoms. The quantitative estimate of drug-likeness (QED) is 0.190. The molecule has 0 aliphatic heterocycles. The molecular formula is C21H14BrN3O5. The standard InChI is InChI=1S/C21H14BrN3O5/c22-17-5-1-3-15(11-17)20(26)24-23-13-14-7-9-19(10-8-14)30-21(27)16-4-2-6-18(12-16)25(28)29/h1-13H,(H,24,26)/b23-13+. The average molecular weight is 468 g/mol. The normalized spacial score (nSPS) is 10.6. The van der Waals surface area contributed by atoms with E-state index in [4.69, 9.17) is 4.74 Å². The highest BCUT2D eigenvalue weighted by molar-refractivity contribution is 9.10. The second-order valence-corrected chi connectivity index (χ2v) is 6.89. The molecule has 0 radical (unpaired) electrons. The van der Waals surface area contributed by atoms with Crippen LogP contribution < -0.4 is 10.2 Å². The smallest absolute Gasteiger partial charge is 0.343 e. The van der Waals surface area contributed by atoms with Crippen molar-refractivity contribution in [2.24, 2.45) is 5.10 Å². The van der Waals surface area contributed by atoms with Gasteiger partial charge >= 0.3 is 5.97 Å². The maximum absolute atomic E-state index is 12.2. The molecule has 0 saturated heterocycles. The van der Waals surface area contributed by atoms with Gasteiger partial charge in [0.05, 0.1) is 16.7 Å². The van der Waals surface area contributed by atoms with Crippen molar-refractivity contribution in [3.8, 4) is 5.75 Å². The van der Waals surface area contributed by atoms with Crippen LogP contribution in [-0.4, -0.2) is 23.0 Å². The third-order valence-corrected chi connectivity index (χ3v) is 4.34. The van der Waals surface area contributed by atoms with Crippen LogP contribution in [-0.2, 0) is 0 Å². The van der Waals surface area contributed by atoms with Gasteiger partial charge in [-0.2, -0.15) is 5.10 Å². The maximum Gasteiger partial charge on any atom is 0.343 e. The average Bonchev–Trinajstić information content (AvgIpc) is 2.75. The van der Waals surface area contributed by atoms with Crippen LogP contribution in [0.3, 0.4) is 0 Å². The number of hydrogen-bond acceptors (Lipinski definition) is 6. The Morgan fingerprint density at radius 1 is 1.00 bits per heavy atom. The van der Waals surface area contributed by atoms with Crippen molar-refractivity contribution in [1.29, 1.82) is 0 Å². The van der Waals surface area contributed by atoms with Gasteiger partial charge in [-0.05, 0) is 54.1 Å². The number of carbonyl (C=O) groups excluding carboxylic acids is 2. The summed E-state index contributed by atoms with van der Waals surface area (Å²) < 4.78 is 6.01. The number of rotatable bonds is 6. The number of carbonyl (C=O) groups is 2. The zero-order chi connectivity index (χ0) is 21.5. The van der Waals surface area contributed by atoms with Crippen LogP contribution in [0.1, 0.15) is 26.3 Å². The third-order valence-electron chi connectivity index (χ3n) is 3.85. The topological polar surface area (TPSA) is 111 Å². The van der Waals surface area contributed by atoms with Gasteiger partial charge in [-0.1, -0.05) is 28.1 Å². The van der Waals surface area contributed by atoms with Gasteiger partial charge in [0.15, 0.2) is 0 Å². The summed E-state index contributed by atoms with van der Waals surface area (Å²) in [5, 5.41) is 14.7. The molecule has 0 aliphatic carbocycles. The van der Waals surface area contributed by atoms with Crippen LogP contribution in [0.4, 0.5) is 5.69 Å². The summed E-state index contributed by atoms with van der Waals surface area (Å²) in [6.07, 6.45) is 1.45. The molecule has 0 heterocycles. The monoisotopic (exact) mass is 467 g/mol. The van der Waals surface area contributed by atoms with E-state index in [-0.39, 0.29) is 22.9 Å². The second kappa shape index (κ2) is 9.57. The molecule has 30 heavy (non-hydrogen) atoms. The number of esters is 1. The fourth-order valence-corrected chi connectivity index (χ4v) is 2.79. The number of amides is 1. The van der Waals surface area contributed by atoms with Gasteiger partial charge in [-0.25, -0.2) is 10.2 Å². The van der Waals surface area contributed by atoms with Crippen LogP contribution in [0.2, 0.25) is 0 Å². The van der Waals surface area contributed by atoms with Crippen LogP contribution in [0.15, 0.2) is 82.4 Å². The van der Waals surface area contributed by atoms with Crippen LogP contribution in [0.5, 0.6) is 5.75 Å². The van der Waals surface area contributed by atoms with Gasteiger partial charge in [-0.3, -0.25) is 14.9 Å². The number of hydrazone groups is 1. The number of ether oxygens (including phenoxy) is 1. The lowest BCUT2D eigenvalue weighted by atomic mass is 10.2. The van der Waals surface area contributed by atoms with Gasteiger partial charge in [0.25, 0.3) is 11.6 Å². The van der Waals surface area contributed by atoms with E-state index in [1.54, 1.807) is 42.5 Å². The molecule has 3 rings (SSSR count). The van der Waals surface area contributed by atoms with E-state index in [1.807, 2.05) is 6.07 Å². The number of nitrogens with zero attached hydrogens (tertiary/aromatic N) is 2. The van der Waals surface area contributed by atoms with E-state index in [0.29, 0.717) is 11.1 Å². The zero-order valence-corrected chi connectivity index (χ0v) is 16.9. The molecule has 0 aromatic heterocycles. The lowest BCUT2D eigenvalue weighted by molar-refractivity contribution is -0.384. The molecule has 0 fully saturated rings. The fraction of sp³-hybridized carbons (Fsp3) is 0. The van der Waals surface area contributed by atoms with E-state index in [2.05, 4.69) is 26.5 Å². The molecule has 8 nitrogen and oxygen atoms in total. The molecule has 0 saturated carbocycles. The van der Waals surface area contributed by atoms with Gasteiger partial charge in [-0.15, -0.1) is 0 Å². The predicted molar refractivity (Wildman–Crippen MR) is 114 cm³/mol. The first-order valence-electron chi connectivity index (χ1n) is 8.58. The predicted octanol–water partition coefficient (Wildman–Crippen LogP) is 4.34. The largest absolute Gasteiger partial charge is 0.423 e. The number of benzene rings is 3. The number of halogens is 1. The lowest BCUT2D eigenvalue weighted by Gasteiger charge is -2.04. The minimum atomic E-state index is -0.707. The van der Waals surface area contributed by atoms with Crippen molar-refractivity contribution < 1.29 is 19.2 Å². The molecule has 150 valence electrons. The molecular weight excluding hydrogens is 454 g/mol. The van der Waals surface area contributed by atoms with E-state index in [1.165, 1.54) is 24.4 Å². The first kappa shape index (κ1) is 20.9. The van der Waals surface area contributed by atoms with Crippen molar-refractivity contribution in [1.82, 2.24) is 5.43 Å². The molecule has 3 aromatic rings. The molecule has 9 heteroatoms. The fourth-order valence-electron chi connectivity index (χ4n) is 2.39. The molecule has 3 aromatic carbocycles. The summed E-state index contributed by atoms with van der Waals surface area (Å²) in [7, 11) is 0. The summed E-state index contributed by atoms with van der Waals surface area (Å²) >= 11 is 3.30. The first-order valence-corrected chi connectivity index (χ1v) is 9.37. The summed E-state index contributed by atoms with van der Waals surface area (Å²) in [6.45, 7) is 0. The molecule has 0 aliphatic rings. The molecule has 0 bridgehead atoms. The summed E-state index contributed by atoms with van der Waals surface area (Å²) in [5.74, 6) is -0.793. The van der Waals surface area contributed by atoms with Gasteiger partial charge in [0.2, 0.25) is 0 Å². The van der Waals surface area contributed by atoms with Crippen molar-refractivity contribution in [2.75, 3.05) is 0 Å². The number of nitro groups is 1. The number of nitro benzene ring substituents is 1. The highest BCUT2D eigenvalue weighted by Gasteiger charge is 2.13. The third kappa shape index (κ3) is 5.58. The summed E-state index contributed by atoms with van der Waals surface area (Å²) in [4.78, 5) is 34.4. The van der Waals surface area contributed by atoms with Crippen molar-refractivity contribution in [3.63, 3.8) is 0 Å². The Labute approximate surface area is 179 Å². The van der Waals surface area contributed by atoms with E-state index in [9.17, 15) is 19.7 Å². The highest BCUT2D eigenvalue weighted by Crippen LogP contribution is 2.17. The Morgan fingerprint density at radius 3 is 2.40 bits per heavy atom. The molecule has 1 amide bonds. The molecule has 0 atom stereocenters. The highest BCUT2D eigenvalue weighted by atomic mass is 79.9. The van der Waals surface area contributed by atoms with E-state index >= 15 is 0 Å². The number of nitrogens with one attached hydrogen (secondary N) is 1. The van der Waals surface area contributed by atoms with Gasteiger partial charge in [0.1, 0.15) is 5.75 Å². The maximum atomic E-state index is 12.2. The Bertz CT molecular complexity index is 1130. The first-order chi connectivity index (χ1) is 14.4. The van der Waals surface area contributed by atoms with Crippen LogP contribution >= 0.6 is 15.9 Å². The number of non-ortho nitro benzene ring substituents is 1. The Kier molecular flexibility index (Phi) is 6.66. The Hall–Kier alpha value is -3.85. The van der Waals surface area contributed by atoms with Gasteiger partial charge < -0.3 is 4.74 Å². The van der Waals surface area contributed by atoms with Crippen LogP contribution in [0.25, 0.3) is 0 Å². The molecule has 1 N–H and O–H groups in total. The van der Waals surface area contributed by atoms with E-state index in [0.717, 1.165) is 10.5 Å². The Balaban J connectivity index is 1.59. The molecule has 0 unspecified atom stereocenters. The van der Waals surface area contributed by atoms with Crippen molar-refractivity contribution >= 4 is 39.7 Å². The minimum absolute atomic E-state index is 0.0742. The Morgan fingerprint density at radius 2 is 1.70 bits per heavy atom. The van der Waals surface area contributed by atoms with Crippen molar-refractivity contribution in [2.45, 2.75) is 0 Å². The number of hydrogen-bond donors (Lipinski definition) is 1. The SMILES string of the molecule is O=C(N/N=C/c1ccc(OC(=O)c2cccc([N+](=O)[O-])c2)cc1)c1cccc(Br)c1. The van der Waals surface area contributed by atoms with Crippen LogP contribution in [0, 0.1) is 10.1 Å². The summed E-state index contributed by atoms with van der Waals surface area (Å²) in [5.41, 5.74) is 3.44. The van der Waals surface area contributed by atoms with Crippen molar-refractivity contribution in [3.05, 3.63) is 104 Å². The summed E-state index contributed by atoms with van der Waals surface area (Å²) in [6, 6.07) is 18.6. The minimum Gasteiger partial charge on any atom is -0.423 e. The van der Waals surface area contributed by atoms with E-state index < -0.39 is 10.9 Å². The zero-order valence-electron chi connectivity index (χ0n) is 15.3.